The molecule has 0 atom stereocenters. The molecule has 1 saturated carbocycles. The molecule has 0 unspecified atom stereocenters. The van der Waals surface area contributed by atoms with E-state index in [9.17, 15) is 4.79 Å². The summed E-state index contributed by atoms with van der Waals surface area (Å²) >= 11 is 0. The molecule has 1 N–H and O–H groups in total. The quantitative estimate of drug-likeness (QED) is 0.517. The van der Waals surface area contributed by atoms with E-state index < -0.39 is 0 Å². The first-order valence-corrected chi connectivity index (χ1v) is 9.20. The molecule has 0 bridgehead atoms. The number of nitrogens with zero attached hydrogens (tertiary/aromatic N) is 2. The molecule has 0 amide bonds. The lowest BCUT2D eigenvalue weighted by atomic mass is 9.73. The molecule has 3 rings (SSSR count). The Labute approximate surface area is 149 Å². The van der Waals surface area contributed by atoms with Crippen molar-refractivity contribution in [2.45, 2.75) is 52.0 Å². The fraction of sp³-hybridized carbons (Fsp3) is 0.684. The summed E-state index contributed by atoms with van der Waals surface area (Å²) in [6.07, 6.45) is 8.07. The van der Waals surface area contributed by atoms with Gasteiger partial charge in [-0.1, -0.05) is 19.3 Å². The average molecular weight is 347 g/mol. The number of likely N-dealkylation sites (tertiary alicyclic amines) is 1. The largest absolute Gasteiger partial charge is 0.465 e. The number of aliphatic imine (C=N–C) groups is 1. The Kier molecular flexibility index (Phi) is 5.35. The van der Waals surface area contributed by atoms with Gasteiger partial charge in [0, 0.05) is 20.1 Å². The van der Waals surface area contributed by atoms with Crippen molar-refractivity contribution in [1.29, 1.82) is 0 Å². The second-order valence-corrected chi connectivity index (χ2v) is 7.31. The molecule has 6 nitrogen and oxygen atoms in total. The molecule has 2 fully saturated rings. The lowest BCUT2D eigenvalue weighted by Crippen LogP contribution is -2.41. The molecule has 25 heavy (non-hydrogen) atoms. The molecule has 2 heterocycles. The van der Waals surface area contributed by atoms with E-state index in [-0.39, 0.29) is 5.97 Å². The zero-order chi connectivity index (χ0) is 17.9. The van der Waals surface area contributed by atoms with E-state index in [4.69, 9.17) is 9.15 Å². The molecular weight excluding hydrogens is 318 g/mol. The maximum Gasteiger partial charge on any atom is 0.341 e. The van der Waals surface area contributed by atoms with E-state index in [0.29, 0.717) is 29.0 Å². The highest BCUT2D eigenvalue weighted by atomic mass is 16.5. The van der Waals surface area contributed by atoms with E-state index in [2.05, 4.69) is 15.2 Å². The normalized spacial score (nSPS) is 20.1. The standard InChI is InChI=1S/C19H29N3O3/c1-14-16(17(23)24-3)11-15(25-14)12-21-18(20-2)22-10-9-19(13-22)7-5-4-6-8-19/h11H,4-10,12-13H2,1-3H3,(H,20,21). The van der Waals surface area contributed by atoms with Gasteiger partial charge in [0.15, 0.2) is 5.96 Å². The van der Waals surface area contributed by atoms with E-state index in [1.165, 1.54) is 45.6 Å². The number of aryl methyl sites for hydroxylation is 1. The highest BCUT2D eigenvalue weighted by Gasteiger charge is 2.39. The first-order valence-electron chi connectivity index (χ1n) is 9.20. The van der Waals surface area contributed by atoms with Gasteiger partial charge in [-0.2, -0.15) is 0 Å². The van der Waals surface area contributed by atoms with Crippen LogP contribution in [0.15, 0.2) is 15.5 Å². The van der Waals surface area contributed by atoms with Crippen molar-refractivity contribution >= 4 is 11.9 Å². The van der Waals surface area contributed by atoms with Crippen LogP contribution in [-0.2, 0) is 11.3 Å². The van der Waals surface area contributed by atoms with Crippen molar-refractivity contribution in [2.75, 3.05) is 27.2 Å². The molecule has 138 valence electrons. The Bertz CT molecular complexity index is 644. The van der Waals surface area contributed by atoms with Crippen LogP contribution < -0.4 is 5.32 Å². The van der Waals surface area contributed by atoms with Gasteiger partial charge in [-0.05, 0) is 37.7 Å². The van der Waals surface area contributed by atoms with Crippen LogP contribution in [0.1, 0.15) is 60.4 Å². The molecule has 1 saturated heterocycles. The van der Waals surface area contributed by atoms with Crippen molar-refractivity contribution in [3.05, 3.63) is 23.2 Å². The monoisotopic (exact) mass is 347 g/mol. The van der Waals surface area contributed by atoms with E-state index >= 15 is 0 Å². The zero-order valence-corrected chi connectivity index (χ0v) is 15.6. The second kappa shape index (κ2) is 7.50. The van der Waals surface area contributed by atoms with Gasteiger partial charge in [-0.3, -0.25) is 4.99 Å². The van der Waals surface area contributed by atoms with Gasteiger partial charge in [0.2, 0.25) is 0 Å². The lowest BCUT2D eigenvalue weighted by Gasteiger charge is -2.33. The molecule has 1 aliphatic heterocycles. The highest BCUT2D eigenvalue weighted by Crippen LogP contribution is 2.43. The van der Waals surface area contributed by atoms with Crippen LogP contribution in [0.5, 0.6) is 0 Å². The van der Waals surface area contributed by atoms with E-state index in [1.807, 2.05) is 7.05 Å². The van der Waals surface area contributed by atoms with Crippen LogP contribution in [0, 0.1) is 12.3 Å². The topological polar surface area (TPSA) is 67.1 Å². The number of ether oxygens (including phenoxy) is 1. The number of guanidine groups is 1. The molecule has 0 radical (unpaired) electrons. The zero-order valence-electron chi connectivity index (χ0n) is 15.6. The van der Waals surface area contributed by atoms with Crippen LogP contribution >= 0.6 is 0 Å². The third-order valence-electron chi connectivity index (χ3n) is 5.66. The summed E-state index contributed by atoms with van der Waals surface area (Å²) < 4.78 is 10.4. The Hall–Kier alpha value is -1.98. The summed E-state index contributed by atoms with van der Waals surface area (Å²) in [5.41, 5.74) is 0.978. The second-order valence-electron chi connectivity index (χ2n) is 7.31. The average Bonchev–Trinajstić information content (AvgIpc) is 3.20. The summed E-state index contributed by atoms with van der Waals surface area (Å²) in [6, 6.07) is 1.74. The summed E-state index contributed by atoms with van der Waals surface area (Å²) in [5, 5.41) is 3.38. The minimum Gasteiger partial charge on any atom is -0.465 e. The lowest BCUT2D eigenvalue weighted by molar-refractivity contribution is 0.0599. The first-order chi connectivity index (χ1) is 12.1. The SMILES string of the molecule is CN=C(NCc1cc(C(=O)OC)c(C)o1)N1CCC2(CCCCC2)C1. The first kappa shape index (κ1) is 17.8. The van der Waals surface area contributed by atoms with Crippen LogP contribution in [0.2, 0.25) is 0 Å². The number of carbonyl (C=O) groups is 1. The van der Waals surface area contributed by atoms with E-state index in [1.54, 1.807) is 13.0 Å². The molecule has 1 aromatic rings. The Morgan fingerprint density at radius 1 is 1.36 bits per heavy atom. The Morgan fingerprint density at radius 3 is 2.80 bits per heavy atom. The third kappa shape index (κ3) is 3.83. The molecule has 1 aromatic heterocycles. The summed E-state index contributed by atoms with van der Waals surface area (Å²) in [7, 11) is 3.20. The smallest absolute Gasteiger partial charge is 0.341 e. The van der Waals surface area contributed by atoms with Crippen LogP contribution in [-0.4, -0.2) is 44.1 Å². The van der Waals surface area contributed by atoms with Crippen molar-refractivity contribution in [3.8, 4) is 0 Å². The number of furan rings is 1. The number of carbonyl (C=O) groups excluding carboxylic acids is 1. The number of hydrogen-bond donors (Lipinski definition) is 1. The number of nitrogens with one attached hydrogen (secondary N) is 1. The molecule has 1 spiro atoms. The fourth-order valence-corrected chi connectivity index (χ4v) is 4.27. The predicted octanol–water partition coefficient (Wildman–Crippen LogP) is 3.11. The Morgan fingerprint density at radius 2 is 2.12 bits per heavy atom. The van der Waals surface area contributed by atoms with Crippen molar-refractivity contribution in [2.24, 2.45) is 10.4 Å². The number of esters is 1. The van der Waals surface area contributed by atoms with Crippen LogP contribution in [0.3, 0.4) is 0 Å². The summed E-state index contributed by atoms with van der Waals surface area (Å²) in [4.78, 5) is 18.5. The molecular formula is C19H29N3O3. The van der Waals surface area contributed by atoms with Crippen molar-refractivity contribution in [3.63, 3.8) is 0 Å². The number of methoxy groups -OCH3 is 1. The van der Waals surface area contributed by atoms with Crippen LogP contribution in [0.25, 0.3) is 0 Å². The van der Waals surface area contributed by atoms with Gasteiger partial charge < -0.3 is 19.4 Å². The minimum absolute atomic E-state index is 0.365. The maximum absolute atomic E-state index is 11.7. The molecule has 2 aliphatic rings. The van der Waals surface area contributed by atoms with Gasteiger partial charge in [-0.25, -0.2) is 4.79 Å². The van der Waals surface area contributed by atoms with Gasteiger partial charge in [-0.15, -0.1) is 0 Å². The fourth-order valence-electron chi connectivity index (χ4n) is 4.27. The predicted molar refractivity (Wildman–Crippen MR) is 96.7 cm³/mol. The van der Waals surface area contributed by atoms with Gasteiger partial charge >= 0.3 is 5.97 Å². The van der Waals surface area contributed by atoms with Crippen LogP contribution in [0.4, 0.5) is 0 Å². The summed E-state index contributed by atoms with van der Waals surface area (Å²) in [6.45, 7) is 4.44. The highest BCUT2D eigenvalue weighted by molar-refractivity contribution is 5.90. The van der Waals surface area contributed by atoms with Gasteiger partial charge in [0.05, 0.1) is 13.7 Å². The molecule has 6 heteroatoms. The molecule has 1 aliphatic carbocycles. The third-order valence-corrected chi connectivity index (χ3v) is 5.66. The minimum atomic E-state index is -0.365. The maximum atomic E-state index is 11.7. The van der Waals surface area contributed by atoms with Crippen molar-refractivity contribution < 1.29 is 13.9 Å². The number of hydrogen-bond acceptors (Lipinski definition) is 4. The van der Waals surface area contributed by atoms with Crippen molar-refractivity contribution in [1.82, 2.24) is 10.2 Å². The Balaban J connectivity index is 1.59. The van der Waals surface area contributed by atoms with Gasteiger partial charge in [0.1, 0.15) is 17.1 Å². The van der Waals surface area contributed by atoms with E-state index in [0.717, 1.165) is 19.0 Å². The van der Waals surface area contributed by atoms with Gasteiger partial charge in [0.25, 0.3) is 0 Å². The molecule has 0 aromatic carbocycles. The summed E-state index contributed by atoms with van der Waals surface area (Å²) in [5.74, 6) is 1.85. The number of rotatable bonds is 3.